The summed E-state index contributed by atoms with van der Waals surface area (Å²) in [6, 6.07) is 7.81. The monoisotopic (exact) mass is 390 g/mol. The van der Waals surface area contributed by atoms with Gasteiger partial charge in [0.2, 0.25) is 18.0 Å². The maximum absolute atomic E-state index is 11.9. The number of ether oxygens (including phenoxy) is 1. The number of hydrogen-bond donors (Lipinski definition) is 0. The van der Waals surface area contributed by atoms with Crippen LogP contribution in [0.5, 0.6) is 0 Å². The summed E-state index contributed by atoms with van der Waals surface area (Å²) in [4.78, 5) is 26.6. The Bertz CT molecular complexity index is 855. The standard InChI is InChI=1S/C15H11BrN4O4/c1-9(21)19-15(12-4-2-3-5-13(12)20(22)23)24-14(18-19)10-6-11(16)8-17-7-10/h2-8,15H,1H3. The van der Waals surface area contributed by atoms with Crippen molar-refractivity contribution in [1.82, 2.24) is 9.99 Å². The van der Waals surface area contributed by atoms with Gasteiger partial charge in [0.1, 0.15) is 0 Å². The van der Waals surface area contributed by atoms with Crippen LogP contribution in [0.15, 0.2) is 52.3 Å². The number of aromatic nitrogens is 1. The summed E-state index contributed by atoms with van der Waals surface area (Å²) < 4.78 is 6.46. The van der Waals surface area contributed by atoms with Crippen LogP contribution in [-0.2, 0) is 9.53 Å². The molecule has 1 aromatic carbocycles. The minimum absolute atomic E-state index is 0.141. The molecule has 122 valence electrons. The number of rotatable bonds is 3. The molecule has 0 bridgehead atoms. The highest BCUT2D eigenvalue weighted by Gasteiger charge is 2.37. The largest absolute Gasteiger partial charge is 0.445 e. The Morgan fingerprint density at radius 1 is 1.38 bits per heavy atom. The first kappa shape index (κ1) is 16.1. The predicted molar refractivity (Wildman–Crippen MR) is 87.9 cm³/mol. The molecule has 2 heterocycles. The second-order valence-electron chi connectivity index (χ2n) is 4.95. The van der Waals surface area contributed by atoms with Crippen LogP contribution in [0.2, 0.25) is 0 Å². The minimum Gasteiger partial charge on any atom is -0.445 e. The lowest BCUT2D eigenvalue weighted by Crippen LogP contribution is -2.25. The van der Waals surface area contributed by atoms with E-state index in [2.05, 4.69) is 26.0 Å². The number of carbonyl (C=O) groups is 1. The Morgan fingerprint density at radius 2 is 2.12 bits per heavy atom. The zero-order valence-corrected chi connectivity index (χ0v) is 14.0. The third kappa shape index (κ3) is 2.98. The lowest BCUT2D eigenvalue weighted by atomic mass is 10.1. The fourth-order valence-electron chi connectivity index (χ4n) is 2.28. The third-order valence-electron chi connectivity index (χ3n) is 3.32. The summed E-state index contributed by atoms with van der Waals surface area (Å²) in [7, 11) is 0. The summed E-state index contributed by atoms with van der Waals surface area (Å²) in [6.45, 7) is 1.32. The summed E-state index contributed by atoms with van der Waals surface area (Å²) >= 11 is 3.30. The first-order chi connectivity index (χ1) is 11.5. The third-order valence-corrected chi connectivity index (χ3v) is 3.75. The van der Waals surface area contributed by atoms with Crippen molar-refractivity contribution in [3.05, 3.63) is 68.4 Å². The normalized spacial score (nSPS) is 16.5. The first-order valence-corrected chi connectivity index (χ1v) is 7.66. The van der Waals surface area contributed by atoms with Crippen LogP contribution in [-0.4, -0.2) is 26.7 Å². The number of hydrazone groups is 1. The van der Waals surface area contributed by atoms with Crippen LogP contribution in [0.3, 0.4) is 0 Å². The molecule has 1 atom stereocenters. The zero-order valence-electron chi connectivity index (χ0n) is 12.4. The van der Waals surface area contributed by atoms with E-state index in [0.717, 1.165) is 9.48 Å². The van der Waals surface area contributed by atoms with Gasteiger partial charge in [0, 0.05) is 29.9 Å². The van der Waals surface area contributed by atoms with Crippen LogP contribution < -0.4 is 0 Å². The molecule has 0 saturated heterocycles. The summed E-state index contributed by atoms with van der Waals surface area (Å²) in [5.41, 5.74) is 0.661. The Kier molecular flexibility index (Phi) is 4.26. The van der Waals surface area contributed by atoms with Gasteiger partial charge in [-0.2, -0.15) is 5.01 Å². The molecule has 0 spiro atoms. The van der Waals surface area contributed by atoms with Crippen molar-refractivity contribution in [3.8, 4) is 0 Å². The molecule has 1 aliphatic rings. The van der Waals surface area contributed by atoms with E-state index >= 15 is 0 Å². The van der Waals surface area contributed by atoms with Gasteiger partial charge < -0.3 is 4.74 Å². The number of nitrogens with zero attached hydrogens (tertiary/aromatic N) is 4. The van der Waals surface area contributed by atoms with Gasteiger partial charge in [-0.1, -0.05) is 12.1 Å². The highest BCUT2D eigenvalue weighted by atomic mass is 79.9. The minimum atomic E-state index is -1.00. The zero-order chi connectivity index (χ0) is 17.3. The highest BCUT2D eigenvalue weighted by molar-refractivity contribution is 9.10. The average molecular weight is 391 g/mol. The van der Waals surface area contributed by atoms with E-state index in [4.69, 9.17) is 4.74 Å². The number of nitro groups is 1. The van der Waals surface area contributed by atoms with Crippen molar-refractivity contribution in [1.29, 1.82) is 0 Å². The molecule has 2 aromatic rings. The number of pyridine rings is 1. The maximum Gasteiger partial charge on any atom is 0.278 e. The smallest absolute Gasteiger partial charge is 0.278 e. The van der Waals surface area contributed by atoms with E-state index in [1.165, 1.54) is 25.3 Å². The Morgan fingerprint density at radius 3 is 2.79 bits per heavy atom. The van der Waals surface area contributed by atoms with E-state index in [-0.39, 0.29) is 17.1 Å². The molecule has 0 radical (unpaired) electrons. The maximum atomic E-state index is 11.9. The molecule has 0 N–H and O–H groups in total. The van der Waals surface area contributed by atoms with Gasteiger partial charge >= 0.3 is 0 Å². The van der Waals surface area contributed by atoms with Gasteiger partial charge in [-0.25, -0.2) is 0 Å². The molecular formula is C15H11BrN4O4. The summed E-state index contributed by atoms with van der Waals surface area (Å²) in [6.07, 6.45) is 2.13. The molecule has 0 saturated carbocycles. The first-order valence-electron chi connectivity index (χ1n) is 6.86. The van der Waals surface area contributed by atoms with Crippen molar-refractivity contribution >= 4 is 33.4 Å². The van der Waals surface area contributed by atoms with Gasteiger partial charge in [-0.15, -0.1) is 5.10 Å². The molecular weight excluding hydrogens is 380 g/mol. The number of para-hydroxylation sites is 1. The molecule has 9 heteroatoms. The van der Waals surface area contributed by atoms with Crippen molar-refractivity contribution < 1.29 is 14.5 Å². The highest BCUT2D eigenvalue weighted by Crippen LogP contribution is 2.35. The molecule has 24 heavy (non-hydrogen) atoms. The number of nitro benzene ring substituents is 1. The average Bonchev–Trinajstić information content (AvgIpc) is 3.00. The van der Waals surface area contributed by atoms with Crippen LogP contribution in [0.25, 0.3) is 0 Å². The van der Waals surface area contributed by atoms with Gasteiger partial charge in [-0.3, -0.25) is 19.9 Å². The Labute approximate surface area is 145 Å². The second kappa shape index (κ2) is 6.36. The fraction of sp³-hybridized carbons (Fsp3) is 0.133. The number of benzene rings is 1. The number of carbonyl (C=O) groups excluding carboxylic acids is 1. The number of amides is 1. The van der Waals surface area contributed by atoms with Crippen molar-refractivity contribution in [2.24, 2.45) is 5.10 Å². The molecule has 1 unspecified atom stereocenters. The molecule has 0 aliphatic carbocycles. The number of halogens is 1. The van der Waals surface area contributed by atoms with Crippen molar-refractivity contribution in [3.63, 3.8) is 0 Å². The SMILES string of the molecule is CC(=O)N1N=C(c2cncc(Br)c2)OC1c1ccccc1[N+](=O)[O-]. The van der Waals surface area contributed by atoms with Crippen LogP contribution in [0.4, 0.5) is 5.69 Å². The van der Waals surface area contributed by atoms with E-state index in [1.54, 1.807) is 24.4 Å². The lowest BCUT2D eigenvalue weighted by Gasteiger charge is -2.19. The van der Waals surface area contributed by atoms with E-state index in [9.17, 15) is 14.9 Å². The fourth-order valence-corrected chi connectivity index (χ4v) is 2.64. The molecule has 1 aromatic heterocycles. The molecule has 3 rings (SSSR count). The van der Waals surface area contributed by atoms with E-state index < -0.39 is 17.1 Å². The van der Waals surface area contributed by atoms with E-state index in [1.807, 2.05) is 0 Å². The lowest BCUT2D eigenvalue weighted by molar-refractivity contribution is -0.386. The number of hydrogen-bond acceptors (Lipinski definition) is 6. The van der Waals surface area contributed by atoms with Crippen LogP contribution in [0, 0.1) is 10.1 Å². The van der Waals surface area contributed by atoms with Crippen LogP contribution in [0.1, 0.15) is 24.3 Å². The van der Waals surface area contributed by atoms with E-state index in [0.29, 0.717) is 5.56 Å². The molecule has 8 nitrogen and oxygen atoms in total. The molecule has 1 amide bonds. The summed E-state index contributed by atoms with van der Waals surface area (Å²) in [5, 5.41) is 16.5. The van der Waals surface area contributed by atoms with Gasteiger partial charge in [0.05, 0.1) is 16.1 Å². The van der Waals surface area contributed by atoms with Crippen molar-refractivity contribution in [2.75, 3.05) is 0 Å². The Hall–Kier alpha value is -2.81. The topological polar surface area (TPSA) is 97.9 Å². The summed E-state index contributed by atoms with van der Waals surface area (Å²) in [5.74, 6) is -0.224. The quantitative estimate of drug-likeness (QED) is 0.592. The second-order valence-corrected chi connectivity index (χ2v) is 5.86. The van der Waals surface area contributed by atoms with Crippen molar-refractivity contribution in [2.45, 2.75) is 13.2 Å². The molecule has 1 aliphatic heterocycles. The predicted octanol–water partition coefficient (Wildman–Crippen LogP) is 2.99. The van der Waals surface area contributed by atoms with Gasteiger partial charge in [0.25, 0.3) is 5.69 Å². The van der Waals surface area contributed by atoms with Gasteiger partial charge in [-0.05, 0) is 28.1 Å². The Balaban J connectivity index is 2.02. The van der Waals surface area contributed by atoms with Crippen LogP contribution >= 0.6 is 15.9 Å². The van der Waals surface area contributed by atoms with Gasteiger partial charge in [0.15, 0.2) is 0 Å². The molecule has 0 fully saturated rings.